The van der Waals surface area contributed by atoms with E-state index in [0.717, 1.165) is 6.42 Å². The fourth-order valence-electron chi connectivity index (χ4n) is 0.990. The minimum absolute atomic E-state index is 0.481. The number of thiocarbonyl (C=S) groups is 1. The lowest BCUT2D eigenvalue weighted by Crippen LogP contribution is -2.64. The second-order valence-corrected chi connectivity index (χ2v) is 3.28. The largest absolute Gasteiger partial charge is 0.304 e. The molecule has 0 unspecified atom stereocenters. The highest BCUT2D eigenvalue weighted by atomic mass is 32.1. The Kier molecular flexibility index (Phi) is 4.68. The van der Waals surface area contributed by atoms with Crippen molar-refractivity contribution < 1.29 is 5.73 Å². The normalized spacial score (nSPS) is 10.1. The van der Waals surface area contributed by atoms with E-state index >= 15 is 0 Å². The van der Waals surface area contributed by atoms with Gasteiger partial charge in [0.1, 0.15) is 0 Å². The van der Waals surface area contributed by atoms with E-state index in [4.69, 9.17) is 12.2 Å². The van der Waals surface area contributed by atoms with Crippen LogP contribution in [0.4, 0.5) is 0 Å². The summed E-state index contributed by atoms with van der Waals surface area (Å²) >= 11 is 4.72. The highest BCUT2D eigenvalue weighted by Gasteiger charge is 1.86. The molecule has 0 spiro atoms. The third kappa shape index (κ3) is 4.59. The van der Waals surface area contributed by atoms with Gasteiger partial charge in [-0.15, -0.1) is 0 Å². The van der Waals surface area contributed by atoms with Crippen LogP contribution < -0.4 is 16.6 Å². The van der Waals surface area contributed by atoms with E-state index < -0.39 is 0 Å². The molecule has 4 heteroatoms. The molecule has 14 heavy (non-hydrogen) atoms. The quantitative estimate of drug-likeness (QED) is 0.495. The minimum atomic E-state index is 0.481. The zero-order chi connectivity index (χ0) is 10.2. The molecule has 1 aromatic rings. The Morgan fingerprint density at radius 2 is 2.07 bits per heavy atom. The van der Waals surface area contributed by atoms with Crippen LogP contribution in [-0.4, -0.2) is 5.11 Å². The van der Waals surface area contributed by atoms with Gasteiger partial charge in [0.15, 0.2) is 0 Å². The standard InChI is InChI=1S/C10H13N3S/c11-10(14)13-12-8-4-7-9-5-2-1-3-6-9/h1-6,8,12H,7H2,(H3,11,13,14)/p+1. The lowest BCUT2D eigenvalue weighted by Gasteiger charge is -1.98. The summed E-state index contributed by atoms with van der Waals surface area (Å²) in [5.74, 6) is 0. The molecule has 0 aromatic heterocycles. The van der Waals surface area contributed by atoms with Gasteiger partial charge >= 0.3 is 0 Å². The Bertz CT molecular complexity index is 308. The molecule has 74 valence electrons. The third-order valence-electron chi connectivity index (χ3n) is 1.61. The first-order chi connectivity index (χ1) is 6.79. The molecule has 0 aliphatic carbocycles. The van der Waals surface area contributed by atoms with E-state index in [2.05, 4.69) is 28.7 Å². The van der Waals surface area contributed by atoms with Crippen LogP contribution in [-0.2, 0) is 6.42 Å². The highest BCUT2D eigenvalue weighted by Crippen LogP contribution is 1.99. The number of nitrogens with one attached hydrogen (secondary N) is 2. The summed E-state index contributed by atoms with van der Waals surface area (Å²) in [6.07, 6.45) is 4.73. The maximum absolute atomic E-state index is 4.72. The number of hydrogen-bond acceptors (Lipinski definition) is 2. The SMILES string of the molecule is [NH3+]C(=S)NNC=CCc1ccccc1. The van der Waals surface area contributed by atoms with Crippen LogP contribution in [0.15, 0.2) is 42.6 Å². The Balaban J connectivity index is 2.24. The van der Waals surface area contributed by atoms with Gasteiger partial charge in [-0.25, -0.2) is 5.43 Å². The van der Waals surface area contributed by atoms with Crippen LogP contribution in [0.5, 0.6) is 0 Å². The Hall–Kier alpha value is -1.39. The molecule has 1 rings (SSSR count). The lowest BCUT2D eigenvalue weighted by atomic mass is 10.1. The van der Waals surface area contributed by atoms with Crippen molar-refractivity contribution in [1.82, 2.24) is 10.9 Å². The first kappa shape index (κ1) is 10.7. The molecule has 0 saturated heterocycles. The number of benzene rings is 1. The summed E-state index contributed by atoms with van der Waals surface area (Å²) in [6.45, 7) is 0. The van der Waals surface area contributed by atoms with Crippen LogP contribution >= 0.6 is 12.2 Å². The Morgan fingerprint density at radius 1 is 1.36 bits per heavy atom. The minimum Gasteiger partial charge on any atom is -0.304 e. The molecule has 1 aromatic carbocycles. The van der Waals surface area contributed by atoms with E-state index in [1.165, 1.54) is 5.56 Å². The van der Waals surface area contributed by atoms with Crippen molar-refractivity contribution in [1.29, 1.82) is 0 Å². The molecule has 0 aliphatic rings. The molecule has 0 bridgehead atoms. The molecule has 0 heterocycles. The summed E-state index contributed by atoms with van der Waals surface area (Å²) in [7, 11) is 0. The van der Waals surface area contributed by atoms with Gasteiger partial charge in [0.2, 0.25) is 0 Å². The average Bonchev–Trinajstić information content (AvgIpc) is 2.18. The van der Waals surface area contributed by atoms with Crippen LogP contribution in [0, 0.1) is 0 Å². The number of rotatable bonds is 4. The second-order valence-electron chi connectivity index (χ2n) is 2.78. The zero-order valence-corrected chi connectivity index (χ0v) is 8.68. The van der Waals surface area contributed by atoms with Crippen molar-refractivity contribution in [3.63, 3.8) is 0 Å². The van der Waals surface area contributed by atoms with Gasteiger partial charge in [-0.3, -0.25) is 5.73 Å². The van der Waals surface area contributed by atoms with Gasteiger partial charge in [-0.05, 0) is 12.0 Å². The highest BCUT2D eigenvalue weighted by molar-refractivity contribution is 7.79. The molecule has 3 nitrogen and oxygen atoms in total. The summed E-state index contributed by atoms with van der Waals surface area (Å²) in [5.41, 5.74) is 10.3. The monoisotopic (exact) mass is 208 g/mol. The summed E-state index contributed by atoms with van der Waals surface area (Å²) in [6, 6.07) is 10.2. The number of hydrogen-bond donors (Lipinski definition) is 3. The Morgan fingerprint density at radius 3 is 2.71 bits per heavy atom. The van der Waals surface area contributed by atoms with Gasteiger partial charge in [0.25, 0.3) is 5.11 Å². The van der Waals surface area contributed by atoms with Gasteiger partial charge in [-0.1, -0.05) is 36.4 Å². The van der Waals surface area contributed by atoms with Crippen molar-refractivity contribution in [3.05, 3.63) is 48.2 Å². The zero-order valence-electron chi connectivity index (χ0n) is 7.86. The second kappa shape index (κ2) is 6.12. The van der Waals surface area contributed by atoms with Gasteiger partial charge in [-0.2, -0.15) is 0 Å². The molecule has 0 saturated carbocycles. The van der Waals surface area contributed by atoms with Gasteiger partial charge < -0.3 is 5.43 Å². The van der Waals surface area contributed by atoms with Gasteiger partial charge in [0, 0.05) is 18.4 Å². The predicted octanol–water partition coefficient (Wildman–Crippen LogP) is 0.364. The van der Waals surface area contributed by atoms with Crippen LogP contribution in [0.25, 0.3) is 0 Å². The molecule has 0 fully saturated rings. The van der Waals surface area contributed by atoms with Crippen molar-refractivity contribution in [2.24, 2.45) is 0 Å². The van der Waals surface area contributed by atoms with Crippen LogP contribution in [0.3, 0.4) is 0 Å². The molecule has 5 N–H and O–H groups in total. The van der Waals surface area contributed by atoms with E-state index in [9.17, 15) is 0 Å². The van der Waals surface area contributed by atoms with Crippen molar-refractivity contribution in [3.8, 4) is 0 Å². The fraction of sp³-hybridized carbons (Fsp3) is 0.100. The first-order valence-electron chi connectivity index (χ1n) is 4.35. The topological polar surface area (TPSA) is 51.7 Å². The number of quaternary nitrogens is 1. The van der Waals surface area contributed by atoms with Gasteiger partial charge in [0.05, 0.1) is 0 Å². The Labute approximate surface area is 89.0 Å². The molecule has 0 atom stereocenters. The van der Waals surface area contributed by atoms with Crippen molar-refractivity contribution in [2.45, 2.75) is 6.42 Å². The maximum Gasteiger partial charge on any atom is 0.283 e. The smallest absolute Gasteiger partial charge is 0.283 e. The van der Waals surface area contributed by atoms with E-state index in [-0.39, 0.29) is 0 Å². The van der Waals surface area contributed by atoms with E-state index in [1.54, 1.807) is 0 Å². The summed E-state index contributed by atoms with van der Waals surface area (Å²) < 4.78 is 0. The van der Waals surface area contributed by atoms with Crippen molar-refractivity contribution in [2.75, 3.05) is 0 Å². The molecule has 0 radical (unpaired) electrons. The molecular formula is C10H14N3S+. The molecule has 0 aliphatic heterocycles. The van der Waals surface area contributed by atoms with Crippen LogP contribution in [0.2, 0.25) is 0 Å². The number of hydrazine groups is 1. The van der Waals surface area contributed by atoms with E-state index in [0.29, 0.717) is 5.11 Å². The average molecular weight is 208 g/mol. The lowest BCUT2D eigenvalue weighted by molar-refractivity contribution is -0.215. The fourth-order valence-corrected chi connectivity index (χ4v) is 1.05. The number of allylic oxidation sites excluding steroid dienone is 1. The maximum atomic E-state index is 4.72. The molecule has 0 amide bonds. The first-order valence-corrected chi connectivity index (χ1v) is 4.76. The summed E-state index contributed by atoms with van der Waals surface area (Å²) in [4.78, 5) is 0. The van der Waals surface area contributed by atoms with Crippen LogP contribution in [0.1, 0.15) is 5.56 Å². The predicted molar refractivity (Wildman–Crippen MR) is 61.0 cm³/mol. The summed E-state index contributed by atoms with van der Waals surface area (Å²) in [5, 5.41) is 0.481. The van der Waals surface area contributed by atoms with E-state index in [1.807, 2.05) is 30.5 Å². The third-order valence-corrected chi connectivity index (χ3v) is 1.71. The van der Waals surface area contributed by atoms with Crippen molar-refractivity contribution >= 4 is 17.3 Å². The molecular weight excluding hydrogens is 194 g/mol.